The standard InChI is InChI=1S/C29H15BF15N/c1-46(2)10(7-9-5-3-4-6-11(9)46)8-30(12-15(31)21(37)27(43)22(38)16(12)32,13-17(33)23(39)28(44)24(40)18(13)34)14-19(35)25(41)29(45)26(42)20(14)36/h3-6,10H,7-8H2,1-2H3. The Morgan fingerprint density at radius 1 is 0.478 bits per heavy atom. The molecule has 0 saturated carbocycles. The molecule has 1 aliphatic rings. The minimum Gasteiger partial charge on any atom is -0.296 e. The smallest absolute Gasteiger partial charge is 0.200 e. The van der Waals surface area contributed by atoms with Crippen molar-refractivity contribution in [1.29, 1.82) is 0 Å². The Kier molecular flexibility index (Phi) is 7.94. The molecule has 1 unspecified atom stereocenters. The van der Waals surface area contributed by atoms with Crippen LogP contribution in [0.5, 0.6) is 0 Å². The summed E-state index contributed by atoms with van der Waals surface area (Å²) >= 11 is 0. The fourth-order valence-corrected chi connectivity index (χ4v) is 6.63. The summed E-state index contributed by atoms with van der Waals surface area (Å²) in [6.45, 7) is 0. The van der Waals surface area contributed by atoms with E-state index in [4.69, 9.17) is 0 Å². The fraction of sp³-hybridized carbons (Fsp3) is 0.172. The van der Waals surface area contributed by atoms with Gasteiger partial charge < -0.3 is 0 Å². The van der Waals surface area contributed by atoms with Gasteiger partial charge in [-0.05, 0) is 6.07 Å². The third kappa shape index (κ3) is 4.33. The van der Waals surface area contributed by atoms with Crippen molar-refractivity contribution in [2.24, 2.45) is 0 Å². The van der Waals surface area contributed by atoms with E-state index in [1.54, 1.807) is 0 Å². The molecule has 0 amide bonds. The summed E-state index contributed by atoms with van der Waals surface area (Å²) in [7, 11) is 2.57. The molecule has 46 heavy (non-hydrogen) atoms. The summed E-state index contributed by atoms with van der Waals surface area (Å²) in [5.74, 6) is -44.9. The maximum atomic E-state index is 15.8. The molecule has 0 saturated heterocycles. The number of likely N-dealkylation sites (N-methyl/N-ethyl adjacent to an activating group) is 1. The molecule has 1 nitrogen and oxygen atoms in total. The van der Waals surface area contributed by atoms with Gasteiger partial charge in [-0.3, -0.25) is 4.48 Å². The number of quaternary nitrogens is 1. The van der Waals surface area contributed by atoms with Gasteiger partial charge in [0.2, 0.25) is 0 Å². The molecule has 0 aromatic heterocycles. The van der Waals surface area contributed by atoms with Crippen LogP contribution in [-0.2, 0) is 6.42 Å². The summed E-state index contributed by atoms with van der Waals surface area (Å²) in [5.41, 5.74) is -7.13. The van der Waals surface area contributed by atoms with Crippen molar-refractivity contribution in [3.8, 4) is 0 Å². The summed E-state index contributed by atoms with van der Waals surface area (Å²) in [6, 6.07) is 4.20. The van der Waals surface area contributed by atoms with E-state index in [-0.39, 0.29) is 0 Å². The van der Waals surface area contributed by atoms with Crippen molar-refractivity contribution in [1.82, 2.24) is 4.48 Å². The molecule has 4 aromatic rings. The van der Waals surface area contributed by atoms with Crippen molar-refractivity contribution in [3.05, 3.63) is 117 Å². The summed E-state index contributed by atoms with van der Waals surface area (Å²) < 4.78 is 225. The lowest BCUT2D eigenvalue weighted by Crippen LogP contribution is -2.75. The van der Waals surface area contributed by atoms with Gasteiger partial charge >= 0.3 is 0 Å². The van der Waals surface area contributed by atoms with E-state index in [9.17, 15) is 39.5 Å². The monoisotopic (exact) mass is 673 g/mol. The molecule has 0 aliphatic carbocycles. The SMILES string of the molecule is C[N+]1(C)c2ccccc2CC1C[B-](c1c(F)c(F)c(F)c(F)c1F)(c1c(F)c(F)c(F)c(F)c1F)c1c(F)c(F)c(F)c(F)c1F. The van der Waals surface area contributed by atoms with Gasteiger partial charge in [0.25, 0.3) is 0 Å². The quantitative estimate of drug-likeness (QED) is 0.0754. The zero-order chi connectivity index (χ0) is 34.4. The molecule has 0 N–H and O–H groups in total. The van der Waals surface area contributed by atoms with Crippen molar-refractivity contribution in [3.63, 3.8) is 0 Å². The van der Waals surface area contributed by atoms with Crippen LogP contribution in [0, 0.1) is 87.3 Å². The minimum absolute atomic E-state index is 0.296. The number of hydrogen-bond donors (Lipinski definition) is 0. The van der Waals surface area contributed by atoms with Crippen LogP contribution in [0.1, 0.15) is 5.56 Å². The van der Waals surface area contributed by atoms with Crippen LogP contribution in [0.4, 0.5) is 71.5 Å². The molecule has 1 heterocycles. The van der Waals surface area contributed by atoms with Gasteiger partial charge in [-0.15, -0.1) is 22.7 Å². The molecule has 0 spiro atoms. The second kappa shape index (κ2) is 11.0. The summed E-state index contributed by atoms with van der Waals surface area (Å²) in [4.78, 5) is 0. The van der Waals surface area contributed by atoms with Gasteiger partial charge in [0, 0.05) is 12.0 Å². The first-order valence-electron chi connectivity index (χ1n) is 13.0. The van der Waals surface area contributed by atoms with Crippen molar-refractivity contribution in [2.45, 2.75) is 18.8 Å². The summed E-state index contributed by atoms with van der Waals surface area (Å²) in [5, 5.41) is 0. The van der Waals surface area contributed by atoms with Crippen LogP contribution in [0.2, 0.25) is 6.32 Å². The number of para-hydroxylation sites is 1. The predicted molar refractivity (Wildman–Crippen MR) is 136 cm³/mol. The lowest BCUT2D eigenvalue weighted by molar-refractivity contribution is 0.334. The van der Waals surface area contributed by atoms with Gasteiger partial charge in [0.15, 0.2) is 52.4 Å². The Morgan fingerprint density at radius 3 is 1.07 bits per heavy atom. The first-order valence-corrected chi connectivity index (χ1v) is 13.0. The van der Waals surface area contributed by atoms with E-state index in [0.29, 0.717) is 11.3 Å². The largest absolute Gasteiger partial charge is 0.296 e. The fourth-order valence-electron chi connectivity index (χ4n) is 6.63. The summed E-state index contributed by atoms with van der Waals surface area (Å²) in [6.07, 6.45) is -7.72. The average Bonchev–Trinajstić information content (AvgIpc) is 3.27. The second-order valence-electron chi connectivity index (χ2n) is 11.3. The van der Waals surface area contributed by atoms with E-state index >= 15 is 26.3 Å². The molecule has 244 valence electrons. The Balaban J connectivity index is 2.11. The number of fused-ring (bicyclic) bond motifs is 1. The average molecular weight is 673 g/mol. The molecule has 5 rings (SSSR count). The maximum Gasteiger partial charge on any atom is 0.200 e. The van der Waals surface area contributed by atoms with Crippen molar-refractivity contribution < 1.29 is 65.9 Å². The predicted octanol–water partition coefficient (Wildman–Crippen LogP) is 6.44. The lowest BCUT2D eigenvalue weighted by atomic mass is 9.13. The third-order valence-corrected chi connectivity index (χ3v) is 8.82. The van der Waals surface area contributed by atoms with Gasteiger partial charge in [0.1, 0.15) is 46.7 Å². The third-order valence-electron chi connectivity index (χ3n) is 8.82. The Morgan fingerprint density at radius 2 is 0.761 bits per heavy atom. The van der Waals surface area contributed by atoms with Crippen LogP contribution < -0.4 is 20.9 Å². The van der Waals surface area contributed by atoms with E-state index in [1.807, 2.05) is 0 Å². The Hall–Kier alpha value is -4.15. The molecule has 0 bridgehead atoms. The molecule has 1 aliphatic heterocycles. The molecule has 0 fully saturated rings. The zero-order valence-electron chi connectivity index (χ0n) is 23.0. The number of benzene rings is 4. The van der Waals surface area contributed by atoms with Gasteiger partial charge in [0.05, 0.1) is 20.1 Å². The highest BCUT2D eigenvalue weighted by atomic mass is 19.2. The van der Waals surface area contributed by atoms with Crippen molar-refractivity contribution in [2.75, 3.05) is 14.1 Å². The van der Waals surface area contributed by atoms with Gasteiger partial charge in [-0.25, -0.2) is 65.9 Å². The lowest BCUT2D eigenvalue weighted by Gasteiger charge is -2.47. The van der Waals surface area contributed by atoms with E-state index in [2.05, 4.69) is 0 Å². The Labute approximate surface area is 249 Å². The van der Waals surface area contributed by atoms with Crippen molar-refractivity contribution >= 4 is 28.2 Å². The molecule has 17 heteroatoms. The zero-order valence-corrected chi connectivity index (χ0v) is 23.0. The van der Waals surface area contributed by atoms with Gasteiger partial charge in [-0.2, -0.15) is 0 Å². The molecule has 1 atom stereocenters. The first-order chi connectivity index (χ1) is 21.3. The molecular formula is C29H15BF15N. The minimum atomic E-state index is -5.62. The highest BCUT2D eigenvalue weighted by Crippen LogP contribution is 2.41. The van der Waals surface area contributed by atoms with Crippen LogP contribution in [0.25, 0.3) is 0 Å². The Bertz CT molecular complexity index is 1700. The van der Waals surface area contributed by atoms with Crippen LogP contribution in [0.15, 0.2) is 24.3 Å². The highest BCUT2D eigenvalue weighted by Gasteiger charge is 2.52. The van der Waals surface area contributed by atoms with Crippen LogP contribution in [0.3, 0.4) is 0 Å². The molecule has 0 radical (unpaired) electrons. The number of hydrogen-bond acceptors (Lipinski definition) is 0. The van der Waals surface area contributed by atoms with E-state index in [0.717, 1.165) is 0 Å². The number of rotatable bonds is 5. The first kappa shape index (κ1) is 33.2. The van der Waals surface area contributed by atoms with Crippen LogP contribution in [-0.4, -0.2) is 26.3 Å². The topological polar surface area (TPSA) is 0 Å². The maximum absolute atomic E-state index is 15.8. The number of halogens is 15. The molecular weight excluding hydrogens is 658 g/mol. The second-order valence-corrected chi connectivity index (χ2v) is 11.3. The normalized spacial score (nSPS) is 15.9. The van der Waals surface area contributed by atoms with E-state index in [1.165, 1.54) is 38.4 Å². The van der Waals surface area contributed by atoms with E-state index < -0.39 is 133 Å². The van der Waals surface area contributed by atoms with Gasteiger partial charge in [-0.1, -0.05) is 18.2 Å². The van der Waals surface area contributed by atoms with Crippen LogP contribution >= 0.6 is 0 Å². The number of nitrogens with zero attached hydrogens (tertiary/aromatic N) is 1. The highest BCUT2D eigenvalue weighted by molar-refractivity contribution is 7.11. The molecule has 4 aromatic carbocycles.